The van der Waals surface area contributed by atoms with Crippen molar-refractivity contribution in [2.75, 3.05) is 0 Å². The summed E-state index contributed by atoms with van der Waals surface area (Å²) in [6.45, 7) is 0. The summed E-state index contributed by atoms with van der Waals surface area (Å²) in [5.41, 5.74) is 0.857. The van der Waals surface area contributed by atoms with Crippen LogP contribution < -0.4 is 0 Å². The third-order valence-corrected chi connectivity index (χ3v) is 3.86. The van der Waals surface area contributed by atoms with Gasteiger partial charge in [0.2, 0.25) is 11.8 Å². The Morgan fingerprint density at radius 3 is 2.47 bits per heavy atom. The van der Waals surface area contributed by atoms with Gasteiger partial charge in [0, 0.05) is 6.42 Å². The number of benzene rings is 1. The first-order valence-electron chi connectivity index (χ1n) is 6.53. The van der Waals surface area contributed by atoms with E-state index in [-0.39, 0.29) is 24.2 Å². The van der Waals surface area contributed by atoms with E-state index in [0.29, 0.717) is 0 Å². The monoisotopic (exact) mass is 254 g/mol. The van der Waals surface area contributed by atoms with E-state index in [1.807, 2.05) is 30.3 Å². The summed E-state index contributed by atoms with van der Waals surface area (Å²) in [7, 11) is 0. The van der Waals surface area contributed by atoms with Gasteiger partial charge in [0.1, 0.15) is 6.04 Å². The third kappa shape index (κ3) is 2.01. The summed E-state index contributed by atoms with van der Waals surface area (Å²) >= 11 is 0. The molecule has 4 heteroatoms. The maximum Gasteiger partial charge on any atom is 0.238 e. The summed E-state index contributed by atoms with van der Waals surface area (Å²) in [4.78, 5) is 25.7. The summed E-state index contributed by atoms with van der Waals surface area (Å²) in [6.07, 6.45) is 2.06. The van der Waals surface area contributed by atoms with Gasteiger partial charge >= 0.3 is 0 Å². The molecule has 1 aliphatic heterocycles. The molecule has 96 valence electrons. The van der Waals surface area contributed by atoms with Gasteiger partial charge in [-0.25, -0.2) is 0 Å². The predicted molar refractivity (Wildman–Crippen MR) is 67.8 cm³/mol. The summed E-state index contributed by atoms with van der Waals surface area (Å²) in [6, 6.07) is 10.9. The number of imide groups is 1. The van der Waals surface area contributed by atoms with Crippen molar-refractivity contribution >= 4 is 11.8 Å². The molecule has 3 rings (SSSR count). The SMILES string of the molecule is N#CC(C1CC1)N1C(=O)CC(c2ccccc2)C1=O. The van der Waals surface area contributed by atoms with Crippen LogP contribution in [0, 0.1) is 17.2 Å². The average molecular weight is 254 g/mol. The molecule has 2 fully saturated rings. The minimum absolute atomic E-state index is 0.187. The van der Waals surface area contributed by atoms with Crippen LogP contribution in [0.15, 0.2) is 30.3 Å². The number of carbonyl (C=O) groups excluding carboxylic acids is 2. The molecule has 2 unspecified atom stereocenters. The van der Waals surface area contributed by atoms with E-state index in [4.69, 9.17) is 0 Å². The second kappa shape index (κ2) is 4.51. The molecule has 1 heterocycles. The quantitative estimate of drug-likeness (QED) is 0.773. The van der Waals surface area contributed by atoms with Crippen molar-refractivity contribution in [1.82, 2.24) is 4.90 Å². The summed E-state index contributed by atoms with van der Waals surface area (Å²) in [5, 5.41) is 9.19. The van der Waals surface area contributed by atoms with Crippen LogP contribution in [0.5, 0.6) is 0 Å². The number of amides is 2. The van der Waals surface area contributed by atoms with E-state index >= 15 is 0 Å². The van der Waals surface area contributed by atoms with Crippen molar-refractivity contribution in [2.45, 2.75) is 31.2 Å². The molecule has 0 aromatic heterocycles. The Morgan fingerprint density at radius 2 is 1.89 bits per heavy atom. The minimum atomic E-state index is -0.561. The summed E-state index contributed by atoms with van der Waals surface area (Å²) in [5.74, 6) is -0.650. The molecular weight excluding hydrogens is 240 g/mol. The first kappa shape index (κ1) is 11.9. The smallest absolute Gasteiger partial charge is 0.238 e. The highest BCUT2D eigenvalue weighted by Crippen LogP contribution is 2.39. The molecule has 0 N–H and O–H groups in total. The van der Waals surface area contributed by atoms with E-state index in [1.54, 1.807) is 0 Å². The maximum atomic E-state index is 12.4. The summed E-state index contributed by atoms with van der Waals surface area (Å²) < 4.78 is 0. The topological polar surface area (TPSA) is 61.2 Å². The lowest BCUT2D eigenvalue weighted by Gasteiger charge is -2.20. The van der Waals surface area contributed by atoms with Crippen LogP contribution in [0.4, 0.5) is 0 Å². The Kier molecular flexibility index (Phi) is 2.83. The van der Waals surface area contributed by atoms with Crippen LogP contribution in [0.25, 0.3) is 0 Å². The van der Waals surface area contributed by atoms with E-state index in [0.717, 1.165) is 18.4 Å². The standard InChI is InChI=1S/C15H14N2O2/c16-9-13(11-6-7-11)17-14(18)8-12(15(17)19)10-4-2-1-3-5-10/h1-5,11-13H,6-8H2. The fourth-order valence-electron chi connectivity index (χ4n) is 2.67. The fourth-order valence-corrected chi connectivity index (χ4v) is 2.67. The van der Waals surface area contributed by atoms with E-state index in [2.05, 4.69) is 6.07 Å². The van der Waals surface area contributed by atoms with Gasteiger partial charge in [-0.2, -0.15) is 5.26 Å². The second-order valence-corrected chi connectivity index (χ2v) is 5.18. The Morgan fingerprint density at radius 1 is 1.21 bits per heavy atom. The Hall–Kier alpha value is -2.15. The van der Waals surface area contributed by atoms with Gasteiger partial charge < -0.3 is 0 Å². The Bertz CT molecular complexity index is 557. The van der Waals surface area contributed by atoms with E-state index in [9.17, 15) is 14.9 Å². The van der Waals surface area contributed by atoms with Crippen LogP contribution in [-0.4, -0.2) is 22.8 Å². The molecule has 1 aromatic carbocycles. The van der Waals surface area contributed by atoms with Crippen LogP contribution >= 0.6 is 0 Å². The normalized spacial score (nSPS) is 24.4. The Labute approximate surface area is 111 Å². The first-order chi connectivity index (χ1) is 9.22. The number of nitrogens with zero attached hydrogens (tertiary/aromatic N) is 2. The van der Waals surface area contributed by atoms with Crippen LogP contribution in [0.1, 0.15) is 30.7 Å². The molecule has 0 radical (unpaired) electrons. The van der Waals surface area contributed by atoms with Gasteiger partial charge in [0.25, 0.3) is 0 Å². The largest absolute Gasteiger partial charge is 0.274 e. The van der Waals surface area contributed by atoms with Crippen molar-refractivity contribution in [2.24, 2.45) is 5.92 Å². The van der Waals surface area contributed by atoms with E-state index in [1.165, 1.54) is 4.90 Å². The third-order valence-electron chi connectivity index (χ3n) is 3.86. The number of hydrogen-bond acceptors (Lipinski definition) is 3. The molecule has 0 spiro atoms. The predicted octanol–water partition coefficient (Wildman–Crippen LogP) is 1.83. The highest BCUT2D eigenvalue weighted by Gasteiger charge is 2.47. The zero-order chi connectivity index (χ0) is 13.4. The highest BCUT2D eigenvalue weighted by atomic mass is 16.2. The van der Waals surface area contributed by atoms with Gasteiger partial charge in [-0.15, -0.1) is 0 Å². The van der Waals surface area contributed by atoms with Crippen molar-refractivity contribution in [3.63, 3.8) is 0 Å². The molecule has 2 aliphatic rings. The van der Waals surface area contributed by atoms with Crippen LogP contribution in [-0.2, 0) is 9.59 Å². The molecular formula is C15H14N2O2. The van der Waals surface area contributed by atoms with Crippen molar-refractivity contribution < 1.29 is 9.59 Å². The number of hydrogen-bond donors (Lipinski definition) is 0. The van der Waals surface area contributed by atoms with E-state index < -0.39 is 12.0 Å². The molecule has 19 heavy (non-hydrogen) atoms. The molecule has 1 saturated heterocycles. The van der Waals surface area contributed by atoms with Gasteiger partial charge in [0.15, 0.2) is 0 Å². The van der Waals surface area contributed by atoms with Crippen molar-refractivity contribution in [3.8, 4) is 6.07 Å². The number of likely N-dealkylation sites (tertiary alicyclic amines) is 1. The maximum absolute atomic E-state index is 12.4. The minimum Gasteiger partial charge on any atom is -0.274 e. The highest BCUT2D eigenvalue weighted by molar-refractivity contribution is 6.06. The molecule has 2 atom stereocenters. The Balaban J connectivity index is 1.87. The molecule has 4 nitrogen and oxygen atoms in total. The first-order valence-corrected chi connectivity index (χ1v) is 6.53. The number of nitriles is 1. The van der Waals surface area contributed by atoms with Crippen LogP contribution in [0.2, 0.25) is 0 Å². The van der Waals surface area contributed by atoms with Gasteiger partial charge in [0.05, 0.1) is 12.0 Å². The second-order valence-electron chi connectivity index (χ2n) is 5.18. The molecule has 0 bridgehead atoms. The van der Waals surface area contributed by atoms with Crippen LogP contribution in [0.3, 0.4) is 0 Å². The lowest BCUT2D eigenvalue weighted by atomic mass is 9.98. The zero-order valence-corrected chi connectivity index (χ0v) is 10.5. The number of rotatable bonds is 3. The molecule has 1 saturated carbocycles. The van der Waals surface area contributed by atoms with Gasteiger partial charge in [-0.05, 0) is 24.3 Å². The van der Waals surface area contributed by atoms with Crippen molar-refractivity contribution in [1.29, 1.82) is 5.26 Å². The zero-order valence-electron chi connectivity index (χ0n) is 10.5. The number of carbonyl (C=O) groups is 2. The molecule has 1 aromatic rings. The van der Waals surface area contributed by atoms with Gasteiger partial charge in [-0.1, -0.05) is 30.3 Å². The molecule has 2 amide bonds. The lowest BCUT2D eigenvalue weighted by Crippen LogP contribution is -2.40. The average Bonchev–Trinajstić information content (AvgIpc) is 3.22. The van der Waals surface area contributed by atoms with Gasteiger partial charge in [-0.3, -0.25) is 14.5 Å². The fraction of sp³-hybridized carbons (Fsp3) is 0.400. The molecule has 1 aliphatic carbocycles. The lowest BCUT2D eigenvalue weighted by molar-refractivity contribution is -0.140. The van der Waals surface area contributed by atoms with Crippen molar-refractivity contribution in [3.05, 3.63) is 35.9 Å².